The van der Waals surface area contributed by atoms with Crippen molar-refractivity contribution in [1.29, 1.82) is 0 Å². The van der Waals surface area contributed by atoms with Gasteiger partial charge in [0.05, 0.1) is 23.7 Å². The Hall–Kier alpha value is -1.76. The molecular formula is C29H42O6S. The van der Waals surface area contributed by atoms with Crippen LogP contribution < -0.4 is 0 Å². The van der Waals surface area contributed by atoms with Crippen molar-refractivity contribution < 1.29 is 28.6 Å². The van der Waals surface area contributed by atoms with Crippen LogP contribution in [-0.2, 0) is 28.6 Å². The lowest BCUT2D eigenvalue weighted by Crippen LogP contribution is -2.40. The van der Waals surface area contributed by atoms with Crippen LogP contribution in [0.5, 0.6) is 0 Å². The summed E-state index contributed by atoms with van der Waals surface area (Å²) in [6.45, 7) is 4.37. The van der Waals surface area contributed by atoms with Crippen LogP contribution in [0.3, 0.4) is 0 Å². The summed E-state index contributed by atoms with van der Waals surface area (Å²) in [5.41, 5.74) is -0.739. The Kier molecular flexibility index (Phi) is 9.59. The van der Waals surface area contributed by atoms with E-state index in [4.69, 9.17) is 14.2 Å². The number of thioether (sulfide) groups is 1. The Balaban J connectivity index is 1.31. The number of hydrogen-bond donors (Lipinski definition) is 0. The van der Waals surface area contributed by atoms with Crippen molar-refractivity contribution in [2.24, 2.45) is 40.9 Å². The molecule has 0 aromatic heterocycles. The molecule has 7 heteroatoms. The van der Waals surface area contributed by atoms with Gasteiger partial charge < -0.3 is 14.2 Å². The van der Waals surface area contributed by atoms with Gasteiger partial charge in [0.1, 0.15) is 19.8 Å². The van der Waals surface area contributed by atoms with Crippen LogP contribution in [0.2, 0.25) is 0 Å². The van der Waals surface area contributed by atoms with Gasteiger partial charge in [0.2, 0.25) is 0 Å². The molecule has 36 heavy (non-hydrogen) atoms. The zero-order valence-electron chi connectivity index (χ0n) is 21.8. The minimum Gasteiger partial charge on any atom is -0.465 e. The summed E-state index contributed by atoms with van der Waals surface area (Å²) in [6, 6.07) is 0. The molecule has 0 aliphatic heterocycles. The lowest BCUT2D eigenvalue weighted by atomic mass is 9.87. The molecule has 4 rings (SSSR count). The van der Waals surface area contributed by atoms with Gasteiger partial charge in [0.15, 0.2) is 0 Å². The molecule has 4 aliphatic carbocycles. The minimum atomic E-state index is -0.739. The standard InChI is InChI=1S/C29H42O6S/c1-3-5-11-36-12-10-26(30)33-17-29(4-2,18-34-27(31)24-15-20-6-8-22(24)13-20)19-35-28(32)25-16-21-7-9-23(25)14-21/h6-9,20-25H,3-5,10-19H2,1-2H3. The number of unbranched alkanes of at least 4 members (excludes halogenated alkanes) is 1. The summed E-state index contributed by atoms with van der Waals surface area (Å²) in [6.07, 6.45) is 15.6. The third-order valence-corrected chi connectivity index (χ3v) is 9.66. The van der Waals surface area contributed by atoms with E-state index in [1.54, 1.807) is 11.8 Å². The fourth-order valence-corrected chi connectivity index (χ4v) is 7.01. The molecule has 0 N–H and O–H groups in total. The fourth-order valence-electron chi connectivity index (χ4n) is 6.01. The SMILES string of the molecule is CCCCSCCC(=O)OCC(CC)(COC(=O)C1CC2C=CC1C2)COC(=O)C1CC2C=CC1C2. The number of rotatable bonds is 15. The summed E-state index contributed by atoms with van der Waals surface area (Å²) < 4.78 is 17.3. The number of carbonyl (C=O) groups excluding carboxylic acids is 3. The van der Waals surface area contributed by atoms with Crippen LogP contribution in [0.15, 0.2) is 24.3 Å². The Labute approximate surface area is 220 Å². The largest absolute Gasteiger partial charge is 0.465 e. The van der Waals surface area contributed by atoms with Crippen LogP contribution >= 0.6 is 11.8 Å². The smallest absolute Gasteiger partial charge is 0.309 e. The highest BCUT2D eigenvalue weighted by atomic mass is 32.2. The summed E-state index contributed by atoms with van der Waals surface area (Å²) >= 11 is 1.76. The average Bonchev–Trinajstić information content (AvgIpc) is 3.70. The molecule has 4 bridgehead atoms. The van der Waals surface area contributed by atoms with E-state index in [0.29, 0.717) is 24.7 Å². The third-order valence-electron chi connectivity index (χ3n) is 8.59. The van der Waals surface area contributed by atoms with E-state index in [1.807, 2.05) is 6.92 Å². The van der Waals surface area contributed by atoms with E-state index >= 15 is 0 Å². The number of fused-ring (bicyclic) bond motifs is 4. The molecule has 2 saturated carbocycles. The second kappa shape index (κ2) is 12.7. The highest BCUT2D eigenvalue weighted by Crippen LogP contribution is 2.45. The van der Waals surface area contributed by atoms with Crippen molar-refractivity contribution in [1.82, 2.24) is 0 Å². The van der Waals surface area contributed by atoms with Gasteiger partial charge in [-0.2, -0.15) is 11.8 Å². The number of ether oxygens (including phenoxy) is 3. The molecule has 0 saturated heterocycles. The molecule has 0 aromatic carbocycles. The van der Waals surface area contributed by atoms with Gasteiger partial charge in [-0.3, -0.25) is 14.4 Å². The first-order chi connectivity index (χ1) is 17.4. The molecule has 6 atom stereocenters. The molecule has 6 unspecified atom stereocenters. The molecule has 4 aliphatic rings. The van der Waals surface area contributed by atoms with Gasteiger partial charge >= 0.3 is 17.9 Å². The number of hydrogen-bond acceptors (Lipinski definition) is 7. The van der Waals surface area contributed by atoms with Gasteiger partial charge in [-0.05, 0) is 67.9 Å². The molecule has 6 nitrogen and oxygen atoms in total. The minimum absolute atomic E-state index is 0.0791. The number of allylic oxidation sites excluding steroid dienone is 4. The third kappa shape index (κ3) is 6.76. The Morgan fingerprint density at radius 3 is 1.78 bits per heavy atom. The quantitative estimate of drug-likeness (QED) is 0.125. The summed E-state index contributed by atoms with van der Waals surface area (Å²) in [7, 11) is 0. The second-order valence-corrected chi connectivity index (χ2v) is 12.4. The average molecular weight is 519 g/mol. The highest BCUT2D eigenvalue weighted by molar-refractivity contribution is 7.99. The van der Waals surface area contributed by atoms with Gasteiger partial charge in [-0.1, -0.05) is 44.6 Å². The Bertz CT molecular complexity index is 801. The fraction of sp³-hybridized carbons (Fsp3) is 0.759. The van der Waals surface area contributed by atoms with Crippen molar-refractivity contribution in [2.45, 2.75) is 65.2 Å². The molecule has 0 spiro atoms. The van der Waals surface area contributed by atoms with E-state index in [9.17, 15) is 14.4 Å². The lowest BCUT2D eigenvalue weighted by Gasteiger charge is -2.32. The predicted octanol–water partition coefficient (Wildman–Crippen LogP) is 5.36. The number of carbonyl (C=O) groups is 3. The van der Waals surface area contributed by atoms with Crippen LogP contribution in [-0.4, -0.2) is 49.2 Å². The number of esters is 3. The van der Waals surface area contributed by atoms with E-state index in [-0.39, 0.29) is 61.4 Å². The highest BCUT2D eigenvalue weighted by Gasteiger charge is 2.44. The normalized spacial score (nSPS) is 30.9. The van der Waals surface area contributed by atoms with Gasteiger partial charge in [0, 0.05) is 5.75 Å². The maximum atomic E-state index is 12.9. The van der Waals surface area contributed by atoms with E-state index in [2.05, 4.69) is 31.2 Å². The van der Waals surface area contributed by atoms with Crippen LogP contribution in [0.1, 0.15) is 65.2 Å². The van der Waals surface area contributed by atoms with Crippen LogP contribution in [0.4, 0.5) is 0 Å². The molecule has 2 fully saturated rings. The molecule has 0 heterocycles. The molecule has 0 aromatic rings. The van der Waals surface area contributed by atoms with Crippen LogP contribution in [0, 0.1) is 40.9 Å². The van der Waals surface area contributed by atoms with Crippen molar-refractivity contribution in [3.05, 3.63) is 24.3 Å². The first-order valence-electron chi connectivity index (χ1n) is 13.9. The molecule has 200 valence electrons. The maximum Gasteiger partial charge on any atom is 0.309 e. The monoisotopic (exact) mass is 518 g/mol. The maximum absolute atomic E-state index is 12.9. The second-order valence-electron chi connectivity index (χ2n) is 11.2. The summed E-state index contributed by atoms with van der Waals surface area (Å²) in [5, 5.41) is 0. The zero-order valence-corrected chi connectivity index (χ0v) is 22.6. The van der Waals surface area contributed by atoms with Crippen molar-refractivity contribution in [2.75, 3.05) is 31.3 Å². The summed E-state index contributed by atoms with van der Waals surface area (Å²) in [4.78, 5) is 38.3. The van der Waals surface area contributed by atoms with Gasteiger partial charge in [-0.15, -0.1) is 0 Å². The summed E-state index contributed by atoms with van der Waals surface area (Å²) in [5.74, 6) is 2.46. The van der Waals surface area contributed by atoms with Gasteiger partial charge in [-0.25, -0.2) is 0 Å². The Morgan fingerprint density at radius 1 is 0.778 bits per heavy atom. The zero-order chi connectivity index (χ0) is 25.5. The van der Waals surface area contributed by atoms with E-state index in [0.717, 1.165) is 50.0 Å². The van der Waals surface area contributed by atoms with Gasteiger partial charge in [0.25, 0.3) is 0 Å². The first-order valence-corrected chi connectivity index (χ1v) is 15.0. The first kappa shape index (κ1) is 27.3. The van der Waals surface area contributed by atoms with Crippen LogP contribution in [0.25, 0.3) is 0 Å². The van der Waals surface area contributed by atoms with Crippen molar-refractivity contribution in [3.8, 4) is 0 Å². The van der Waals surface area contributed by atoms with E-state index < -0.39 is 5.41 Å². The van der Waals surface area contributed by atoms with Crippen molar-refractivity contribution in [3.63, 3.8) is 0 Å². The molecule has 0 radical (unpaired) electrons. The van der Waals surface area contributed by atoms with E-state index in [1.165, 1.54) is 0 Å². The van der Waals surface area contributed by atoms with Crippen molar-refractivity contribution >= 4 is 29.7 Å². The predicted molar refractivity (Wildman–Crippen MR) is 140 cm³/mol. The Morgan fingerprint density at radius 2 is 1.33 bits per heavy atom. The molecule has 0 amide bonds. The molecular weight excluding hydrogens is 476 g/mol. The lowest BCUT2D eigenvalue weighted by molar-refractivity contribution is -0.166. The topological polar surface area (TPSA) is 78.9 Å².